The Morgan fingerprint density at radius 2 is 1.96 bits per heavy atom. The van der Waals surface area contributed by atoms with Crippen LogP contribution in [-0.4, -0.2) is 49.4 Å². The molecule has 5 nitrogen and oxygen atoms in total. The van der Waals surface area contributed by atoms with E-state index in [9.17, 15) is 13.2 Å². The van der Waals surface area contributed by atoms with Gasteiger partial charge in [-0.05, 0) is 25.3 Å². The molecule has 0 aromatic heterocycles. The number of carbonyl (C=O) groups is 1. The molecule has 1 saturated heterocycles. The van der Waals surface area contributed by atoms with Crippen molar-refractivity contribution >= 4 is 15.7 Å². The first-order valence-corrected chi connectivity index (χ1v) is 10.0. The minimum Gasteiger partial charge on any atom is -0.352 e. The minimum atomic E-state index is -3.45. The molecule has 2 rings (SSSR count). The molecule has 1 amide bonds. The Labute approximate surface area is 144 Å². The zero-order valence-electron chi connectivity index (χ0n) is 14.1. The highest BCUT2D eigenvalue weighted by atomic mass is 32.2. The summed E-state index contributed by atoms with van der Waals surface area (Å²) in [6.45, 7) is 7.57. The maximum absolute atomic E-state index is 12.2. The maximum atomic E-state index is 12.2. The number of carbonyl (C=O) groups excluding carboxylic acids is 1. The Balaban J connectivity index is 1.80. The molecule has 0 spiro atoms. The molecule has 0 aliphatic carbocycles. The molecule has 6 heteroatoms. The van der Waals surface area contributed by atoms with Gasteiger partial charge < -0.3 is 5.32 Å². The molecule has 1 aromatic rings. The van der Waals surface area contributed by atoms with E-state index in [1.165, 1.54) is 18.6 Å². The van der Waals surface area contributed by atoms with Gasteiger partial charge in [0.15, 0.2) is 9.84 Å². The second-order valence-corrected chi connectivity index (χ2v) is 8.67. The predicted octanol–water partition coefficient (Wildman–Crippen LogP) is 1.76. The van der Waals surface area contributed by atoms with Crippen LogP contribution in [-0.2, 0) is 21.2 Å². The summed E-state index contributed by atoms with van der Waals surface area (Å²) < 4.78 is 23.9. The lowest BCUT2D eigenvalue weighted by atomic mass is 10.0. The summed E-state index contributed by atoms with van der Waals surface area (Å²) in [6.07, 6.45) is 3.00. The number of hydrogen-bond acceptors (Lipinski definition) is 4. The Morgan fingerprint density at radius 3 is 2.54 bits per heavy atom. The fourth-order valence-corrected chi connectivity index (χ4v) is 3.88. The Hall–Kier alpha value is -1.66. The van der Waals surface area contributed by atoms with Gasteiger partial charge >= 0.3 is 0 Å². The SMILES string of the molecule is C=CCS(=O)(=O)C(C)C(=O)NC1CCN(Cc2ccccc2)CC1. The minimum absolute atomic E-state index is 0.0471. The van der Waals surface area contributed by atoms with E-state index in [2.05, 4.69) is 28.9 Å². The number of amides is 1. The third-order valence-corrected chi connectivity index (χ3v) is 6.43. The van der Waals surface area contributed by atoms with Crippen LogP contribution in [0.5, 0.6) is 0 Å². The second-order valence-electron chi connectivity index (χ2n) is 6.31. The molecule has 1 unspecified atom stereocenters. The van der Waals surface area contributed by atoms with Gasteiger partial charge in [0.2, 0.25) is 5.91 Å². The van der Waals surface area contributed by atoms with Crippen LogP contribution in [0.3, 0.4) is 0 Å². The number of rotatable bonds is 7. The summed E-state index contributed by atoms with van der Waals surface area (Å²) in [7, 11) is -3.45. The van der Waals surface area contributed by atoms with Crippen LogP contribution in [0.25, 0.3) is 0 Å². The number of nitrogens with one attached hydrogen (secondary N) is 1. The lowest BCUT2D eigenvalue weighted by Gasteiger charge is -2.32. The number of sulfone groups is 1. The quantitative estimate of drug-likeness (QED) is 0.761. The first-order valence-electron chi connectivity index (χ1n) is 8.31. The summed E-state index contributed by atoms with van der Waals surface area (Å²) in [6, 6.07) is 10.3. The van der Waals surface area contributed by atoms with Crippen LogP contribution >= 0.6 is 0 Å². The van der Waals surface area contributed by atoms with E-state index in [1.807, 2.05) is 18.2 Å². The van der Waals surface area contributed by atoms with E-state index >= 15 is 0 Å². The van der Waals surface area contributed by atoms with Gasteiger partial charge in [-0.2, -0.15) is 0 Å². The van der Waals surface area contributed by atoms with Gasteiger partial charge in [-0.25, -0.2) is 8.42 Å². The molecule has 1 aliphatic rings. The largest absolute Gasteiger partial charge is 0.352 e. The zero-order valence-corrected chi connectivity index (χ0v) is 15.0. The maximum Gasteiger partial charge on any atom is 0.238 e. The number of benzene rings is 1. The number of piperidine rings is 1. The summed E-state index contributed by atoms with van der Waals surface area (Å²) in [5.41, 5.74) is 1.28. The molecular weight excluding hydrogens is 324 g/mol. The van der Waals surface area contributed by atoms with Crippen LogP contribution < -0.4 is 5.32 Å². The fraction of sp³-hybridized carbons (Fsp3) is 0.500. The fourth-order valence-electron chi connectivity index (χ4n) is 2.87. The van der Waals surface area contributed by atoms with Gasteiger partial charge in [-0.15, -0.1) is 6.58 Å². The second kappa shape index (κ2) is 8.44. The summed E-state index contributed by atoms with van der Waals surface area (Å²) >= 11 is 0. The van der Waals surface area contributed by atoms with Gasteiger partial charge in [0.25, 0.3) is 0 Å². The van der Waals surface area contributed by atoms with E-state index in [4.69, 9.17) is 0 Å². The van der Waals surface area contributed by atoms with Crippen molar-refractivity contribution in [1.82, 2.24) is 10.2 Å². The lowest BCUT2D eigenvalue weighted by molar-refractivity contribution is -0.121. The van der Waals surface area contributed by atoms with Crippen molar-refractivity contribution in [2.75, 3.05) is 18.8 Å². The van der Waals surface area contributed by atoms with Crippen LogP contribution in [0.15, 0.2) is 43.0 Å². The normalized spacial score (nSPS) is 18.0. The molecule has 1 aromatic carbocycles. The number of likely N-dealkylation sites (tertiary alicyclic amines) is 1. The molecular formula is C18H26N2O3S. The Morgan fingerprint density at radius 1 is 1.33 bits per heavy atom. The van der Waals surface area contributed by atoms with Crippen molar-refractivity contribution in [3.63, 3.8) is 0 Å². The summed E-state index contributed by atoms with van der Waals surface area (Å²) in [4.78, 5) is 14.5. The predicted molar refractivity (Wildman–Crippen MR) is 96.3 cm³/mol. The lowest BCUT2D eigenvalue weighted by Crippen LogP contribution is -2.48. The molecule has 1 atom stereocenters. The average Bonchev–Trinajstić information content (AvgIpc) is 2.57. The van der Waals surface area contributed by atoms with E-state index in [1.54, 1.807) is 0 Å². The van der Waals surface area contributed by atoms with Crippen molar-refractivity contribution in [2.45, 2.75) is 37.6 Å². The highest BCUT2D eigenvalue weighted by Crippen LogP contribution is 2.14. The first kappa shape index (κ1) is 18.7. The van der Waals surface area contributed by atoms with E-state index in [0.29, 0.717) is 0 Å². The first-order chi connectivity index (χ1) is 11.4. The van der Waals surface area contributed by atoms with Crippen molar-refractivity contribution in [1.29, 1.82) is 0 Å². The van der Waals surface area contributed by atoms with Gasteiger partial charge in [-0.3, -0.25) is 9.69 Å². The van der Waals surface area contributed by atoms with Gasteiger partial charge in [-0.1, -0.05) is 36.4 Å². The van der Waals surface area contributed by atoms with Crippen molar-refractivity contribution in [2.24, 2.45) is 0 Å². The molecule has 0 bridgehead atoms. The molecule has 1 N–H and O–H groups in total. The highest BCUT2D eigenvalue weighted by Gasteiger charge is 2.29. The van der Waals surface area contributed by atoms with Crippen LogP contribution in [0, 0.1) is 0 Å². The topological polar surface area (TPSA) is 66.5 Å². The average molecular weight is 350 g/mol. The van der Waals surface area contributed by atoms with Gasteiger partial charge in [0.1, 0.15) is 5.25 Å². The summed E-state index contributed by atoms with van der Waals surface area (Å²) in [5.74, 6) is -0.574. The molecule has 0 radical (unpaired) electrons. The molecule has 1 aliphatic heterocycles. The Bertz CT molecular complexity index is 650. The third kappa shape index (κ3) is 5.18. The van der Waals surface area contributed by atoms with E-state index in [0.717, 1.165) is 32.5 Å². The highest BCUT2D eigenvalue weighted by molar-refractivity contribution is 7.92. The summed E-state index contributed by atoms with van der Waals surface area (Å²) in [5, 5.41) is 1.86. The van der Waals surface area contributed by atoms with Gasteiger partial charge in [0, 0.05) is 25.7 Å². The van der Waals surface area contributed by atoms with Crippen molar-refractivity contribution in [3.05, 3.63) is 48.6 Å². The van der Waals surface area contributed by atoms with Gasteiger partial charge in [0.05, 0.1) is 5.75 Å². The van der Waals surface area contributed by atoms with E-state index in [-0.39, 0.29) is 11.8 Å². The Kier molecular flexibility index (Phi) is 6.57. The van der Waals surface area contributed by atoms with Crippen molar-refractivity contribution < 1.29 is 13.2 Å². The van der Waals surface area contributed by atoms with Crippen LogP contribution in [0.1, 0.15) is 25.3 Å². The van der Waals surface area contributed by atoms with Crippen LogP contribution in [0.4, 0.5) is 0 Å². The zero-order chi connectivity index (χ0) is 17.6. The molecule has 132 valence electrons. The molecule has 24 heavy (non-hydrogen) atoms. The monoisotopic (exact) mass is 350 g/mol. The van der Waals surface area contributed by atoms with E-state index < -0.39 is 21.0 Å². The molecule has 1 fully saturated rings. The molecule has 0 saturated carbocycles. The van der Waals surface area contributed by atoms with Crippen molar-refractivity contribution in [3.8, 4) is 0 Å². The number of nitrogens with zero attached hydrogens (tertiary/aromatic N) is 1. The molecule has 1 heterocycles. The standard InChI is InChI=1S/C18H26N2O3S/c1-3-13-24(22,23)15(2)18(21)19-17-9-11-20(12-10-17)14-16-7-5-4-6-8-16/h3-8,15,17H,1,9-14H2,2H3,(H,19,21). The third-order valence-electron chi connectivity index (χ3n) is 4.44. The number of hydrogen-bond donors (Lipinski definition) is 1. The smallest absolute Gasteiger partial charge is 0.238 e. The van der Waals surface area contributed by atoms with Crippen LogP contribution in [0.2, 0.25) is 0 Å².